The van der Waals surface area contributed by atoms with Crippen LogP contribution in [0.4, 0.5) is 10.3 Å². The smallest absolute Gasteiger partial charge is 0.270 e. The molecule has 0 radical (unpaired) electrons. The maximum Gasteiger partial charge on any atom is 0.270 e. The van der Waals surface area contributed by atoms with Crippen molar-refractivity contribution in [3.63, 3.8) is 0 Å². The van der Waals surface area contributed by atoms with Crippen LogP contribution in [0.3, 0.4) is 0 Å². The van der Waals surface area contributed by atoms with Crippen LogP contribution in [0, 0.1) is 5.82 Å². The Kier molecular flexibility index (Phi) is 3.75. The number of amides is 1. The number of nitrogens with one attached hydrogen (secondary N) is 2. The Morgan fingerprint density at radius 2 is 1.93 bits per heavy atom. The van der Waals surface area contributed by atoms with E-state index in [0.29, 0.717) is 22.0 Å². The number of aromatic amines is 1. The van der Waals surface area contributed by atoms with E-state index >= 15 is 0 Å². The monoisotopic (exact) mass is 378 g/mol. The lowest BCUT2D eigenvalue weighted by atomic mass is 10.1. The van der Waals surface area contributed by atoms with Gasteiger partial charge in [0, 0.05) is 11.5 Å². The number of carbonyl (C=O) groups excluding carboxylic acids is 1. The molecule has 27 heavy (non-hydrogen) atoms. The molecule has 134 valence electrons. The van der Waals surface area contributed by atoms with Gasteiger partial charge >= 0.3 is 0 Å². The second-order valence-electron chi connectivity index (χ2n) is 6.55. The van der Waals surface area contributed by atoms with Crippen molar-refractivity contribution in [3.8, 4) is 11.3 Å². The molecule has 0 unspecified atom stereocenters. The first-order valence-corrected chi connectivity index (χ1v) is 9.52. The summed E-state index contributed by atoms with van der Waals surface area (Å²) in [5.74, 6) is -0.0412. The van der Waals surface area contributed by atoms with Crippen LogP contribution in [-0.4, -0.2) is 20.9 Å². The van der Waals surface area contributed by atoms with Crippen LogP contribution >= 0.6 is 11.3 Å². The number of para-hydroxylation sites is 1. The van der Waals surface area contributed by atoms with Crippen molar-refractivity contribution in [2.45, 2.75) is 18.8 Å². The second kappa shape index (κ2) is 6.28. The van der Waals surface area contributed by atoms with E-state index in [4.69, 9.17) is 4.98 Å². The number of H-pyrrole nitrogens is 1. The van der Waals surface area contributed by atoms with Crippen molar-refractivity contribution in [1.82, 2.24) is 15.0 Å². The molecule has 2 aromatic carbocycles. The molecule has 5 nitrogen and oxygen atoms in total. The van der Waals surface area contributed by atoms with Gasteiger partial charge < -0.3 is 4.98 Å². The minimum Gasteiger partial charge on any atom is -0.324 e. The van der Waals surface area contributed by atoms with Crippen LogP contribution in [0.25, 0.3) is 22.3 Å². The molecule has 1 amide bonds. The highest BCUT2D eigenvalue weighted by molar-refractivity contribution is 7.14. The predicted molar refractivity (Wildman–Crippen MR) is 104 cm³/mol. The maximum atomic E-state index is 13.8. The number of thiazole rings is 1. The van der Waals surface area contributed by atoms with Gasteiger partial charge in [0.15, 0.2) is 5.82 Å². The van der Waals surface area contributed by atoms with Gasteiger partial charge in [-0.15, -0.1) is 11.3 Å². The zero-order valence-corrected chi connectivity index (χ0v) is 15.0. The molecule has 1 aliphatic rings. The molecule has 5 rings (SSSR count). The highest BCUT2D eigenvalue weighted by Crippen LogP contribution is 2.44. The number of carbonyl (C=O) groups is 1. The lowest BCUT2D eigenvalue weighted by Gasteiger charge is -2.02. The van der Waals surface area contributed by atoms with Crippen molar-refractivity contribution >= 4 is 34.2 Å². The third-order valence-electron chi connectivity index (χ3n) is 4.52. The number of rotatable bonds is 4. The Bertz CT molecular complexity index is 1150. The summed E-state index contributed by atoms with van der Waals surface area (Å²) in [6.45, 7) is 0. The Labute approximate surface area is 158 Å². The quantitative estimate of drug-likeness (QED) is 0.527. The van der Waals surface area contributed by atoms with E-state index in [0.717, 1.165) is 23.4 Å². The van der Waals surface area contributed by atoms with Gasteiger partial charge in [0.1, 0.15) is 10.4 Å². The Hall–Kier alpha value is -3.06. The molecule has 7 heteroatoms. The number of benzene rings is 2. The first-order chi connectivity index (χ1) is 13.2. The third kappa shape index (κ3) is 3.00. The number of hydrogen-bond acceptors (Lipinski definition) is 4. The number of anilines is 1. The highest BCUT2D eigenvalue weighted by Gasteiger charge is 2.30. The first kappa shape index (κ1) is 16.1. The highest BCUT2D eigenvalue weighted by atomic mass is 32.1. The molecule has 2 N–H and O–H groups in total. The molecular weight excluding hydrogens is 363 g/mol. The number of halogens is 1. The summed E-state index contributed by atoms with van der Waals surface area (Å²) in [5.41, 5.74) is 2.33. The van der Waals surface area contributed by atoms with Crippen LogP contribution in [0.1, 0.15) is 33.4 Å². The molecule has 0 saturated heterocycles. The summed E-state index contributed by atoms with van der Waals surface area (Å²) >= 11 is 1.42. The number of hydrogen-bond donors (Lipinski definition) is 2. The van der Waals surface area contributed by atoms with Gasteiger partial charge in [-0.3, -0.25) is 10.1 Å². The molecule has 1 aliphatic carbocycles. The average Bonchev–Trinajstić information content (AvgIpc) is 3.29. The Morgan fingerprint density at radius 3 is 2.67 bits per heavy atom. The van der Waals surface area contributed by atoms with Crippen LogP contribution in [0.15, 0.2) is 48.5 Å². The summed E-state index contributed by atoms with van der Waals surface area (Å²) in [7, 11) is 0. The van der Waals surface area contributed by atoms with Gasteiger partial charge in [0.2, 0.25) is 5.95 Å². The Morgan fingerprint density at radius 1 is 1.11 bits per heavy atom. The molecule has 0 bridgehead atoms. The summed E-state index contributed by atoms with van der Waals surface area (Å²) in [5, 5.41) is 3.75. The Balaban J connectivity index is 1.51. The van der Waals surface area contributed by atoms with Crippen LogP contribution in [-0.2, 0) is 0 Å². The molecule has 2 heterocycles. The molecule has 0 aliphatic heterocycles. The minimum atomic E-state index is -0.428. The average molecular weight is 378 g/mol. The molecular formula is C20H15FN4OS. The van der Waals surface area contributed by atoms with Gasteiger partial charge in [-0.25, -0.2) is 14.4 Å². The SMILES string of the molecule is O=C(Nc1nc2c(F)cccc2[nH]1)c1sc(C2CC2)nc1-c1ccccc1. The third-order valence-corrected chi connectivity index (χ3v) is 5.74. The van der Waals surface area contributed by atoms with Crippen molar-refractivity contribution in [3.05, 3.63) is 64.2 Å². The molecule has 0 spiro atoms. The van der Waals surface area contributed by atoms with E-state index < -0.39 is 5.82 Å². The van der Waals surface area contributed by atoms with Crippen molar-refractivity contribution in [2.24, 2.45) is 0 Å². The number of aromatic nitrogens is 3. The number of fused-ring (bicyclic) bond motifs is 1. The zero-order chi connectivity index (χ0) is 18.4. The zero-order valence-electron chi connectivity index (χ0n) is 14.2. The van der Waals surface area contributed by atoms with E-state index in [9.17, 15) is 9.18 Å². The molecule has 1 fully saturated rings. The lowest BCUT2D eigenvalue weighted by Crippen LogP contribution is -2.12. The fourth-order valence-electron chi connectivity index (χ4n) is 3.01. The van der Waals surface area contributed by atoms with Gasteiger partial charge in [-0.1, -0.05) is 36.4 Å². The summed E-state index contributed by atoms with van der Waals surface area (Å²) in [6, 6.07) is 14.3. The predicted octanol–water partition coefficient (Wildman–Crippen LogP) is 4.96. The topological polar surface area (TPSA) is 70.7 Å². The molecule has 2 aromatic heterocycles. The summed E-state index contributed by atoms with van der Waals surface area (Å²) in [6.07, 6.45) is 2.23. The summed E-state index contributed by atoms with van der Waals surface area (Å²) < 4.78 is 13.8. The van der Waals surface area contributed by atoms with Crippen LogP contribution in [0.2, 0.25) is 0 Å². The van der Waals surface area contributed by atoms with Gasteiger partial charge in [0.25, 0.3) is 5.91 Å². The van der Waals surface area contributed by atoms with Crippen LogP contribution < -0.4 is 5.32 Å². The van der Waals surface area contributed by atoms with Crippen molar-refractivity contribution in [1.29, 1.82) is 0 Å². The first-order valence-electron chi connectivity index (χ1n) is 8.71. The van der Waals surface area contributed by atoms with Crippen molar-refractivity contribution in [2.75, 3.05) is 5.32 Å². The standard InChI is InChI=1S/C20H15FN4OS/c21-13-7-4-8-14-16(13)24-20(22-14)25-18(26)17-15(11-5-2-1-3-6-11)23-19(27-17)12-9-10-12/h1-8,12H,9-10H2,(H2,22,24,25,26). The maximum absolute atomic E-state index is 13.8. The van der Waals surface area contributed by atoms with E-state index in [-0.39, 0.29) is 17.4 Å². The number of nitrogens with zero attached hydrogens (tertiary/aromatic N) is 2. The summed E-state index contributed by atoms with van der Waals surface area (Å²) in [4.78, 5) is 25.3. The van der Waals surface area contributed by atoms with Gasteiger partial charge in [-0.05, 0) is 25.0 Å². The molecule has 1 saturated carbocycles. The fraction of sp³-hybridized carbons (Fsp3) is 0.150. The normalized spacial score (nSPS) is 13.8. The largest absolute Gasteiger partial charge is 0.324 e. The van der Waals surface area contributed by atoms with E-state index in [1.54, 1.807) is 12.1 Å². The lowest BCUT2D eigenvalue weighted by molar-refractivity contribution is 0.103. The molecule has 4 aromatic rings. The minimum absolute atomic E-state index is 0.207. The second-order valence-corrected chi connectivity index (χ2v) is 7.58. The van der Waals surface area contributed by atoms with E-state index in [2.05, 4.69) is 15.3 Å². The van der Waals surface area contributed by atoms with Gasteiger partial charge in [-0.2, -0.15) is 0 Å². The van der Waals surface area contributed by atoms with Crippen LogP contribution in [0.5, 0.6) is 0 Å². The van der Waals surface area contributed by atoms with E-state index in [1.165, 1.54) is 17.4 Å². The molecule has 0 atom stereocenters. The van der Waals surface area contributed by atoms with Gasteiger partial charge in [0.05, 0.1) is 16.2 Å². The van der Waals surface area contributed by atoms with E-state index in [1.807, 2.05) is 30.3 Å². The van der Waals surface area contributed by atoms with Crippen molar-refractivity contribution < 1.29 is 9.18 Å². The fourth-order valence-corrected chi connectivity index (χ4v) is 4.16. The number of imidazole rings is 1.